The second-order valence-corrected chi connectivity index (χ2v) is 23.2. The molecule has 0 radical (unpaired) electrons. The molecule has 1 aromatic heterocycles. The normalized spacial score (nSPS) is 18.4. The zero-order valence-corrected chi connectivity index (χ0v) is 38.9. The van der Waals surface area contributed by atoms with Crippen molar-refractivity contribution in [3.63, 3.8) is 0 Å². The van der Waals surface area contributed by atoms with E-state index in [1.54, 1.807) is 0 Å². The number of fused-ring (bicyclic) bond motifs is 16. The lowest BCUT2D eigenvalue weighted by atomic mass is 9.43. The van der Waals surface area contributed by atoms with Gasteiger partial charge in [-0.1, -0.05) is 161 Å². The Morgan fingerprint density at radius 2 is 1.13 bits per heavy atom. The molecule has 5 aliphatic rings. The maximum Gasteiger partial charge on any atom is 0.333 e. The smallest absolute Gasteiger partial charge is 0.333 e. The average molecular weight is 817 g/mol. The molecular formula is C60H57BN2. The summed E-state index contributed by atoms with van der Waals surface area (Å²) in [6.45, 7) is 26.5. The summed E-state index contributed by atoms with van der Waals surface area (Å²) in [6, 6.07) is 48.4. The number of hydrogen-bond acceptors (Lipinski definition) is 1. The van der Waals surface area contributed by atoms with Gasteiger partial charge in [0.25, 0.3) is 0 Å². The van der Waals surface area contributed by atoms with E-state index in [1.807, 2.05) is 0 Å². The van der Waals surface area contributed by atoms with Crippen LogP contribution in [0.3, 0.4) is 0 Å². The topological polar surface area (TPSA) is 8.17 Å². The minimum Gasteiger partial charge on any atom is -0.376 e. The van der Waals surface area contributed by atoms with Gasteiger partial charge in [-0.2, -0.15) is 0 Å². The molecule has 63 heavy (non-hydrogen) atoms. The Labute approximate surface area is 374 Å². The molecule has 2 nitrogen and oxygen atoms in total. The van der Waals surface area contributed by atoms with Crippen molar-refractivity contribution in [3.8, 4) is 39.1 Å². The summed E-state index contributed by atoms with van der Waals surface area (Å²) in [7, 11) is 0. The van der Waals surface area contributed by atoms with E-state index in [0.717, 1.165) is 0 Å². The Morgan fingerprint density at radius 3 is 1.83 bits per heavy atom. The molecular weight excluding hydrogens is 759 g/mol. The standard InChI is InChI=1S/C60H57BN2/c1-56(2,3)34-20-22-35(23-21-34)63-50-33-47-46(57(4,5)28-29-58(47,6)7)30-41(50)37-24-25-39-53-49(27-26-44-52(53)38-17-13-15-19-43(38)59(44,8)9)62-51-32-45-40(31-48(51)61(63)54(37)55(39)62)36-16-12-14-18-42(36)60(45,10)11/h12-27,30-33H,28-29H2,1-11H3. The van der Waals surface area contributed by atoms with Crippen molar-refractivity contribution in [2.45, 2.75) is 116 Å². The first kappa shape index (κ1) is 37.7. The van der Waals surface area contributed by atoms with E-state index < -0.39 is 0 Å². The zero-order chi connectivity index (χ0) is 43.5. The Kier molecular flexibility index (Phi) is 6.98. The van der Waals surface area contributed by atoms with Crippen LogP contribution in [0.15, 0.2) is 121 Å². The van der Waals surface area contributed by atoms with E-state index in [9.17, 15) is 0 Å². The maximum atomic E-state index is 2.77. The van der Waals surface area contributed by atoms with Gasteiger partial charge in [-0.05, 0) is 143 Å². The summed E-state index contributed by atoms with van der Waals surface area (Å²) in [5.74, 6) is 0. The van der Waals surface area contributed by atoms with Crippen molar-refractivity contribution in [2.24, 2.45) is 0 Å². The molecule has 0 saturated heterocycles. The van der Waals surface area contributed by atoms with Crippen molar-refractivity contribution in [2.75, 3.05) is 4.81 Å². The van der Waals surface area contributed by atoms with Crippen LogP contribution in [0.5, 0.6) is 0 Å². The van der Waals surface area contributed by atoms with Gasteiger partial charge in [-0.25, -0.2) is 0 Å². The third kappa shape index (κ3) is 4.61. The van der Waals surface area contributed by atoms with Crippen LogP contribution in [0.4, 0.5) is 11.4 Å². The number of rotatable bonds is 1. The summed E-state index contributed by atoms with van der Waals surface area (Å²) in [5.41, 5.74) is 27.7. The highest BCUT2D eigenvalue weighted by Crippen LogP contribution is 2.57. The van der Waals surface area contributed by atoms with E-state index >= 15 is 0 Å². The molecule has 0 saturated carbocycles. The van der Waals surface area contributed by atoms with Crippen LogP contribution >= 0.6 is 0 Å². The minimum absolute atomic E-state index is 0.0424. The van der Waals surface area contributed by atoms with Crippen molar-refractivity contribution in [1.29, 1.82) is 0 Å². The van der Waals surface area contributed by atoms with Gasteiger partial charge in [-0.15, -0.1) is 0 Å². The highest BCUT2D eigenvalue weighted by molar-refractivity contribution is 6.93. The van der Waals surface area contributed by atoms with E-state index in [0.29, 0.717) is 0 Å². The molecule has 0 bridgehead atoms. The molecule has 0 atom stereocenters. The number of benzene rings is 7. The first-order valence-electron chi connectivity index (χ1n) is 23.5. The van der Waals surface area contributed by atoms with Gasteiger partial charge >= 0.3 is 6.85 Å². The Hall–Kier alpha value is -5.80. The number of aromatic nitrogens is 1. The highest BCUT2D eigenvalue weighted by atomic mass is 15.1. The molecule has 7 aromatic carbocycles. The third-order valence-electron chi connectivity index (χ3n) is 17.0. The molecule has 3 heteroatoms. The van der Waals surface area contributed by atoms with Crippen LogP contribution in [0.25, 0.3) is 60.9 Å². The molecule has 0 spiro atoms. The molecule has 0 amide bonds. The van der Waals surface area contributed by atoms with Crippen LogP contribution in [-0.4, -0.2) is 11.4 Å². The van der Waals surface area contributed by atoms with E-state index in [2.05, 4.69) is 207 Å². The Morgan fingerprint density at radius 1 is 0.508 bits per heavy atom. The first-order chi connectivity index (χ1) is 29.9. The molecule has 3 aliphatic carbocycles. The lowest BCUT2D eigenvalue weighted by Gasteiger charge is -2.46. The average Bonchev–Trinajstić information content (AvgIpc) is 3.80. The largest absolute Gasteiger partial charge is 0.376 e. The van der Waals surface area contributed by atoms with Crippen molar-refractivity contribution < 1.29 is 0 Å². The highest BCUT2D eigenvalue weighted by Gasteiger charge is 2.49. The van der Waals surface area contributed by atoms with E-state index in [4.69, 9.17) is 0 Å². The molecule has 13 rings (SSSR count). The van der Waals surface area contributed by atoms with Gasteiger partial charge in [-0.3, -0.25) is 0 Å². The summed E-state index contributed by atoms with van der Waals surface area (Å²) < 4.78 is 2.71. The maximum absolute atomic E-state index is 2.77. The molecule has 0 N–H and O–H groups in total. The van der Waals surface area contributed by atoms with E-state index in [-0.39, 0.29) is 33.9 Å². The van der Waals surface area contributed by atoms with E-state index in [1.165, 1.54) is 135 Å². The summed E-state index contributed by atoms with van der Waals surface area (Å²) in [4.78, 5) is 2.77. The van der Waals surface area contributed by atoms with Gasteiger partial charge in [0.05, 0.1) is 11.0 Å². The Bertz CT molecular complexity index is 3380. The number of hydrogen-bond donors (Lipinski definition) is 0. The fourth-order valence-corrected chi connectivity index (χ4v) is 13.3. The third-order valence-corrected chi connectivity index (χ3v) is 17.0. The minimum atomic E-state index is -0.131. The second-order valence-electron chi connectivity index (χ2n) is 23.2. The van der Waals surface area contributed by atoms with Crippen LogP contribution in [0.1, 0.15) is 128 Å². The van der Waals surface area contributed by atoms with Crippen LogP contribution in [0.2, 0.25) is 0 Å². The molecule has 0 unspecified atom stereocenters. The lowest BCUT2D eigenvalue weighted by Crippen LogP contribution is -2.60. The summed E-state index contributed by atoms with van der Waals surface area (Å²) in [6.07, 6.45) is 2.37. The number of nitrogens with zero attached hydrogens (tertiary/aromatic N) is 2. The molecule has 310 valence electrons. The van der Waals surface area contributed by atoms with Crippen molar-refractivity contribution >= 4 is 51.0 Å². The van der Waals surface area contributed by atoms with Crippen LogP contribution in [0, 0.1) is 0 Å². The fraction of sp³-hybridized carbons (Fsp3) is 0.300. The molecule has 2 aliphatic heterocycles. The Balaban J connectivity index is 1.22. The molecule has 3 heterocycles. The van der Waals surface area contributed by atoms with Gasteiger partial charge in [0, 0.05) is 44.2 Å². The fourth-order valence-electron chi connectivity index (χ4n) is 13.3. The number of anilines is 2. The monoisotopic (exact) mass is 816 g/mol. The van der Waals surface area contributed by atoms with Crippen molar-refractivity contribution in [3.05, 3.63) is 160 Å². The van der Waals surface area contributed by atoms with Crippen molar-refractivity contribution in [1.82, 2.24) is 4.57 Å². The van der Waals surface area contributed by atoms with Gasteiger partial charge in [0.15, 0.2) is 0 Å². The first-order valence-corrected chi connectivity index (χ1v) is 23.5. The van der Waals surface area contributed by atoms with Gasteiger partial charge < -0.3 is 9.38 Å². The predicted molar refractivity (Wildman–Crippen MR) is 269 cm³/mol. The molecule has 0 fully saturated rings. The lowest BCUT2D eigenvalue weighted by molar-refractivity contribution is 0.332. The zero-order valence-electron chi connectivity index (χ0n) is 38.9. The summed E-state index contributed by atoms with van der Waals surface area (Å²) >= 11 is 0. The second kappa shape index (κ2) is 11.7. The van der Waals surface area contributed by atoms with Gasteiger partial charge in [0.1, 0.15) is 0 Å². The van der Waals surface area contributed by atoms with Gasteiger partial charge in [0.2, 0.25) is 0 Å². The quantitative estimate of drug-likeness (QED) is 0.150. The molecule has 8 aromatic rings. The van der Waals surface area contributed by atoms with Crippen LogP contribution < -0.4 is 15.7 Å². The summed E-state index contributed by atoms with van der Waals surface area (Å²) in [5, 5.41) is 2.75. The SMILES string of the molecule is CC(C)(C)c1ccc(N2B3c4cc5c(cc4-n4c6ccc7c(c6c6ccc(c3c64)-c3cc4c(cc32)C(C)(C)CCC4(C)C)-c2ccccc2C7(C)C)C(C)(C)c2ccccc2-5)cc1. The van der Waals surface area contributed by atoms with Crippen LogP contribution in [-0.2, 0) is 27.1 Å². The predicted octanol–water partition coefficient (Wildman–Crippen LogP) is 14.3.